The summed E-state index contributed by atoms with van der Waals surface area (Å²) >= 11 is 0. The van der Waals surface area contributed by atoms with Crippen LogP contribution in [0.15, 0.2) is 12.3 Å². The van der Waals surface area contributed by atoms with Crippen molar-refractivity contribution in [1.82, 2.24) is 10.3 Å². The van der Waals surface area contributed by atoms with Crippen molar-refractivity contribution in [3.05, 3.63) is 23.4 Å². The van der Waals surface area contributed by atoms with Crippen LogP contribution in [0.2, 0.25) is 0 Å². The Morgan fingerprint density at radius 2 is 2.32 bits per heavy atom. The highest BCUT2D eigenvalue weighted by molar-refractivity contribution is 5.47. The summed E-state index contributed by atoms with van der Waals surface area (Å²) in [6.45, 7) is 9.96. The van der Waals surface area contributed by atoms with Gasteiger partial charge in [0, 0.05) is 25.8 Å². The number of aromatic nitrogens is 1. The second-order valence-electron chi connectivity index (χ2n) is 5.54. The quantitative estimate of drug-likeness (QED) is 0.868. The largest absolute Gasteiger partial charge is 0.393 e. The van der Waals surface area contributed by atoms with Crippen molar-refractivity contribution in [2.24, 2.45) is 5.92 Å². The molecule has 0 amide bonds. The lowest BCUT2D eigenvalue weighted by atomic mass is 9.96. The third-order valence-electron chi connectivity index (χ3n) is 3.85. The smallest absolute Gasteiger partial charge is 0.131 e. The van der Waals surface area contributed by atoms with E-state index in [0.29, 0.717) is 5.92 Å². The third-order valence-corrected chi connectivity index (χ3v) is 3.85. The Morgan fingerprint density at radius 1 is 1.53 bits per heavy atom. The summed E-state index contributed by atoms with van der Waals surface area (Å²) in [5.74, 6) is 1.38. The van der Waals surface area contributed by atoms with Crippen molar-refractivity contribution in [2.45, 2.75) is 39.8 Å². The number of rotatable bonds is 4. The average molecular weight is 263 g/mol. The van der Waals surface area contributed by atoms with Crippen LogP contribution in [-0.4, -0.2) is 35.8 Å². The van der Waals surface area contributed by atoms with E-state index in [4.69, 9.17) is 0 Å². The van der Waals surface area contributed by atoms with Gasteiger partial charge in [0.05, 0.1) is 6.10 Å². The molecule has 1 aliphatic rings. The van der Waals surface area contributed by atoms with E-state index in [1.54, 1.807) is 0 Å². The summed E-state index contributed by atoms with van der Waals surface area (Å²) in [6, 6.07) is 2.21. The molecule has 0 aliphatic carbocycles. The van der Waals surface area contributed by atoms with Gasteiger partial charge in [-0.25, -0.2) is 4.98 Å². The molecule has 0 radical (unpaired) electrons. The molecule has 1 aromatic heterocycles. The van der Waals surface area contributed by atoms with Crippen molar-refractivity contribution < 1.29 is 5.11 Å². The topological polar surface area (TPSA) is 48.4 Å². The molecule has 2 unspecified atom stereocenters. The van der Waals surface area contributed by atoms with Gasteiger partial charge < -0.3 is 15.3 Å². The minimum Gasteiger partial charge on any atom is -0.393 e. The van der Waals surface area contributed by atoms with Gasteiger partial charge in [-0.1, -0.05) is 13.8 Å². The van der Waals surface area contributed by atoms with E-state index < -0.39 is 0 Å². The first-order chi connectivity index (χ1) is 9.11. The molecule has 0 aromatic carbocycles. The summed E-state index contributed by atoms with van der Waals surface area (Å²) in [7, 11) is 0. The standard InChI is InChI=1S/C15H25N3O/c1-4-16-8-13-7-11(2)15(17-9-13)18-6-5-14(19)12(3)10-18/h7,9,12,14,16,19H,4-6,8,10H2,1-3H3. The van der Waals surface area contributed by atoms with Crippen LogP contribution in [-0.2, 0) is 6.54 Å². The molecule has 4 nitrogen and oxygen atoms in total. The van der Waals surface area contributed by atoms with Crippen molar-refractivity contribution >= 4 is 5.82 Å². The number of anilines is 1. The number of nitrogens with one attached hydrogen (secondary N) is 1. The zero-order valence-electron chi connectivity index (χ0n) is 12.2. The van der Waals surface area contributed by atoms with Crippen LogP contribution in [0.4, 0.5) is 5.82 Å². The monoisotopic (exact) mass is 263 g/mol. The van der Waals surface area contributed by atoms with E-state index in [-0.39, 0.29) is 6.10 Å². The predicted molar refractivity (Wildman–Crippen MR) is 78.4 cm³/mol. The first kappa shape index (κ1) is 14.3. The van der Waals surface area contributed by atoms with E-state index in [2.05, 4.69) is 42.0 Å². The van der Waals surface area contributed by atoms with Gasteiger partial charge in [0.2, 0.25) is 0 Å². The minimum atomic E-state index is -0.162. The number of aliphatic hydroxyl groups is 1. The number of piperidine rings is 1. The van der Waals surface area contributed by atoms with Gasteiger partial charge in [0.15, 0.2) is 0 Å². The van der Waals surface area contributed by atoms with Gasteiger partial charge >= 0.3 is 0 Å². The van der Waals surface area contributed by atoms with Gasteiger partial charge in [-0.3, -0.25) is 0 Å². The molecule has 2 atom stereocenters. The summed E-state index contributed by atoms with van der Waals surface area (Å²) < 4.78 is 0. The Hall–Kier alpha value is -1.13. The number of aryl methyl sites for hydroxylation is 1. The normalized spacial score (nSPS) is 23.7. The van der Waals surface area contributed by atoms with Crippen LogP contribution in [0.5, 0.6) is 0 Å². The fourth-order valence-corrected chi connectivity index (χ4v) is 2.65. The lowest BCUT2D eigenvalue weighted by Gasteiger charge is -2.35. The summed E-state index contributed by atoms with van der Waals surface area (Å²) in [4.78, 5) is 6.91. The molecule has 4 heteroatoms. The fraction of sp³-hybridized carbons (Fsp3) is 0.667. The molecule has 0 spiro atoms. The summed E-state index contributed by atoms with van der Waals surface area (Å²) in [6.07, 6.45) is 2.63. The van der Waals surface area contributed by atoms with E-state index in [1.165, 1.54) is 11.1 Å². The summed E-state index contributed by atoms with van der Waals surface area (Å²) in [5.41, 5.74) is 2.45. The molecule has 0 bridgehead atoms. The Labute approximate surface area is 115 Å². The van der Waals surface area contributed by atoms with Crippen LogP contribution in [0.1, 0.15) is 31.4 Å². The van der Waals surface area contributed by atoms with Gasteiger partial charge in [-0.05, 0) is 43.0 Å². The first-order valence-electron chi connectivity index (χ1n) is 7.21. The number of hydrogen-bond acceptors (Lipinski definition) is 4. The number of hydrogen-bond donors (Lipinski definition) is 2. The van der Waals surface area contributed by atoms with Gasteiger partial charge in [0.25, 0.3) is 0 Å². The maximum Gasteiger partial charge on any atom is 0.131 e. The highest BCUT2D eigenvalue weighted by Crippen LogP contribution is 2.24. The lowest BCUT2D eigenvalue weighted by molar-refractivity contribution is 0.0968. The molecular weight excluding hydrogens is 238 g/mol. The van der Waals surface area contributed by atoms with Crippen LogP contribution in [0, 0.1) is 12.8 Å². The molecule has 2 heterocycles. The molecule has 1 aliphatic heterocycles. The van der Waals surface area contributed by atoms with Crippen LogP contribution < -0.4 is 10.2 Å². The Kier molecular flexibility index (Phi) is 4.77. The molecule has 1 aromatic rings. The first-order valence-corrected chi connectivity index (χ1v) is 7.21. The van der Waals surface area contributed by atoms with E-state index in [9.17, 15) is 5.11 Å². The molecule has 1 saturated heterocycles. The second-order valence-corrected chi connectivity index (χ2v) is 5.54. The van der Waals surface area contributed by atoms with Crippen molar-refractivity contribution in [3.63, 3.8) is 0 Å². The van der Waals surface area contributed by atoms with Crippen LogP contribution in [0.25, 0.3) is 0 Å². The van der Waals surface area contributed by atoms with E-state index in [1.807, 2.05) is 6.20 Å². The fourth-order valence-electron chi connectivity index (χ4n) is 2.65. The van der Waals surface area contributed by atoms with Crippen molar-refractivity contribution in [2.75, 3.05) is 24.5 Å². The molecule has 106 valence electrons. The predicted octanol–water partition coefficient (Wildman–Crippen LogP) is 1.71. The van der Waals surface area contributed by atoms with Gasteiger partial charge in [-0.15, -0.1) is 0 Å². The highest BCUT2D eigenvalue weighted by Gasteiger charge is 2.25. The number of aliphatic hydroxyl groups excluding tert-OH is 1. The number of pyridine rings is 1. The zero-order valence-corrected chi connectivity index (χ0v) is 12.2. The van der Waals surface area contributed by atoms with Gasteiger partial charge in [0.1, 0.15) is 5.82 Å². The molecular formula is C15H25N3O. The second kappa shape index (κ2) is 6.35. The minimum absolute atomic E-state index is 0.162. The van der Waals surface area contributed by atoms with E-state index in [0.717, 1.165) is 38.4 Å². The van der Waals surface area contributed by atoms with Crippen molar-refractivity contribution in [1.29, 1.82) is 0 Å². The zero-order chi connectivity index (χ0) is 13.8. The lowest BCUT2D eigenvalue weighted by Crippen LogP contribution is -2.42. The Balaban J connectivity index is 2.08. The third kappa shape index (κ3) is 3.45. The molecule has 2 rings (SSSR count). The molecule has 0 saturated carbocycles. The SMILES string of the molecule is CCNCc1cnc(N2CCC(O)C(C)C2)c(C)c1. The van der Waals surface area contributed by atoms with Crippen LogP contribution >= 0.6 is 0 Å². The average Bonchev–Trinajstić information content (AvgIpc) is 2.40. The molecule has 1 fully saturated rings. The van der Waals surface area contributed by atoms with Crippen LogP contribution in [0.3, 0.4) is 0 Å². The molecule has 19 heavy (non-hydrogen) atoms. The maximum absolute atomic E-state index is 9.80. The Morgan fingerprint density at radius 3 is 2.95 bits per heavy atom. The van der Waals surface area contributed by atoms with Gasteiger partial charge in [-0.2, -0.15) is 0 Å². The van der Waals surface area contributed by atoms with E-state index >= 15 is 0 Å². The van der Waals surface area contributed by atoms with Crippen molar-refractivity contribution in [3.8, 4) is 0 Å². The highest BCUT2D eigenvalue weighted by atomic mass is 16.3. The maximum atomic E-state index is 9.80. The molecule has 2 N–H and O–H groups in total. The number of nitrogens with zero attached hydrogens (tertiary/aromatic N) is 2. The Bertz CT molecular complexity index is 422. The summed E-state index contributed by atoms with van der Waals surface area (Å²) in [5, 5.41) is 13.1.